The Bertz CT molecular complexity index is 531. The Morgan fingerprint density at radius 2 is 2.00 bits per heavy atom. The van der Waals surface area contributed by atoms with Crippen molar-refractivity contribution < 1.29 is 13.6 Å². The molecule has 1 aromatic heterocycles. The van der Waals surface area contributed by atoms with Crippen LogP contribution in [0.3, 0.4) is 0 Å². The van der Waals surface area contributed by atoms with E-state index in [2.05, 4.69) is 4.98 Å². The summed E-state index contributed by atoms with van der Waals surface area (Å²) in [6.07, 6.45) is 0. The van der Waals surface area contributed by atoms with Gasteiger partial charge in [-0.15, -0.1) is 0 Å². The third kappa shape index (κ3) is 1.79. The van der Waals surface area contributed by atoms with Gasteiger partial charge in [-0.1, -0.05) is 0 Å². The number of amides is 1. The minimum atomic E-state index is -0.644. The molecule has 0 unspecified atom stereocenters. The Kier molecular flexibility index (Phi) is 2.44. The second-order valence-corrected chi connectivity index (χ2v) is 3.29. The van der Waals surface area contributed by atoms with E-state index in [1.54, 1.807) is 6.92 Å². The zero-order chi connectivity index (χ0) is 11.7. The van der Waals surface area contributed by atoms with Crippen LogP contribution in [0.1, 0.15) is 16.2 Å². The molecule has 2 rings (SSSR count). The molecule has 0 saturated carbocycles. The van der Waals surface area contributed by atoms with Crippen molar-refractivity contribution in [3.63, 3.8) is 0 Å². The first kappa shape index (κ1) is 10.4. The predicted molar refractivity (Wildman–Crippen MR) is 55.2 cm³/mol. The molecular formula is C11H9FN2O2. The number of aryl methyl sites for hydroxylation is 1. The zero-order valence-electron chi connectivity index (χ0n) is 8.53. The number of benzene rings is 1. The van der Waals surface area contributed by atoms with Crippen molar-refractivity contribution in [2.24, 2.45) is 5.73 Å². The van der Waals surface area contributed by atoms with Crippen molar-refractivity contribution in [2.45, 2.75) is 6.92 Å². The van der Waals surface area contributed by atoms with Crippen LogP contribution in [0.2, 0.25) is 0 Å². The van der Waals surface area contributed by atoms with Gasteiger partial charge in [0.1, 0.15) is 11.6 Å². The number of nitrogens with zero attached hydrogens (tertiary/aromatic N) is 1. The fourth-order valence-corrected chi connectivity index (χ4v) is 1.34. The Morgan fingerprint density at radius 1 is 1.38 bits per heavy atom. The molecule has 0 atom stereocenters. The SMILES string of the molecule is Cc1oc(-c2ccc(F)cc2)nc1C(N)=O. The molecule has 0 fully saturated rings. The summed E-state index contributed by atoms with van der Waals surface area (Å²) in [6.45, 7) is 1.60. The van der Waals surface area contributed by atoms with Gasteiger partial charge in [-0.25, -0.2) is 9.37 Å². The van der Waals surface area contributed by atoms with Gasteiger partial charge in [0.05, 0.1) is 0 Å². The Balaban J connectivity index is 2.45. The van der Waals surface area contributed by atoms with Gasteiger partial charge in [0.15, 0.2) is 5.69 Å². The van der Waals surface area contributed by atoms with Crippen LogP contribution in [0.5, 0.6) is 0 Å². The summed E-state index contributed by atoms with van der Waals surface area (Å²) in [6, 6.07) is 5.62. The van der Waals surface area contributed by atoms with E-state index in [-0.39, 0.29) is 17.4 Å². The maximum atomic E-state index is 12.7. The molecule has 5 heteroatoms. The highest BCUT2D eigenvalue weighted by Gasteiger charge is 2.15. The van der Waals surface area contributed by atoms with E-state index in [0.717, 1.165) is 0 Å². The van der Waals surface area contributed by atoms with E-state index in [0.29, 0.717) is 11.3 Å². The molecule has 2 aromatic rings. The molecule has 0 bridgehead atoms. The molecule has 82 valence electrons. The number of carbonyl (C=O) groups excluding carboxylic acids is 1. The van der Waals surface area contributed by atoms with Crippen molar-refractivity contribution >= 4 is 5.91 Å². The molecule has 16 heavy (non-hydrogen) atoms. The average Bonchev–Trinajstić information content (AvgIpc) is 2.61. The molecular weight excluding hydrogens is 211 g/mol. The van der Waals surface area contributed by atoms with Gasteiger partial charge in [0, 0.05) is 5.56 Å². The number of hydrogen-bond acceptors (Lipinski definition) is 3. The van der Waals surface area contributed by atoms with Crippen molar-refractivity contribution in [1.82, 2.24) is 4.98 Å². The monoisotopic (exact) mass is 220 g/mol. The second kappa shape index (κ2) is 3.77. The van der Waals surface area contributed by atoms with Gasteiger partial charge in [0.25, 0.3) is 5.91 Å². The summed E-state index contributed by atoms with van der Waals surface area (Å²) in [4.78, 5) is 14.9. The fraction of sp³-hybridized carbons (Fsp3) is 0.0909. The normalized spacial score (nSPS) is 10.4. The van der Waals surface area contributed by atoms with E-state index >= 15 is 0 Å². The highest BCUT2D eigenvalue weighted by Crippen LogP contribution is 2.21. The van der Waals surface area contributed by atoms with Crippen molar-refractivity contribution in [2.75, 3.05) is 0 Å². The number of oxazole rings is 1. The van der Waals surface area contributed by atoms with Crippen molar-refractivity contribution in [3.8, 4) is 11.5 Å². The van der Waals surface area contributed by atoms with Gasteiger partial charge in [-0.05, 0) is 31.2 Å². The smallest absolute Gasteiger partial charge is 0.270 e. The van der Waals surface area contributed by atoms with E-state index in [9.17, 15) is 9.18 Å². The van der Waals surface area contributed by atoms with Crippen molar-refractivity contribution in [1.29, 1.82) is 0 Å². The van der Waals surface area contributed by atoms with Crippen LogP contribution >= 0.6 is 0 Å². The lowest BCUT2D eigenvalue weighted by atomic mass is 10.2. The van der Waals surface area contributed by atoms with E-state index in [1.807, 2.05) is 0 Å². The summed E-state index contributed by atoms with van der Waals surface area (Å²) in [5.41, 5.74) is 5.80. The molecule has 2 N–H and O–H groups in total. The first-order valence-corrected chi connectivity index (χ1v) is 4.61. The van der Waals surface area contributed by atoms with Crippen LogP contribution in [-0.4, -0.2) is 10.9 Å². The van der Waals surface area contributed by atoms with E-state index in [1.165, 1.54) is 24.3 Å². The van der Waals surface area contributed by atoms with Gasteiger partial charge >= 0.3 is 0 Å². The highest BCUT2D eigenvalue weighted by atomic mass is 19.1. The number of aromatic nitrogens is 1. The molecule has 0 radical (unpaired) electrons. The van der Waals surface area contributed by atoms with E-state index in [4.69, 9.17) is 10.2 Å². The third-order valence-corrected chi connectivity index (χ3v) is 2.12. The largest absolute Gasteiger partial charge is 0.441 e. The first-order chi connectivity index (χ1) is 7.58. The minimum absolute atomic E-state index is 0.0966. The summed E-state index contributed by atoms with van der Waals surface area (Å²) in [5.74, 6) is -0.380. The van der Waals surface area contributed by atoms with Gasteiger partial charge in [-0.2, -0.15) is 0 Å². The summed E-state index contributed by atoms with van der Waals surface area (Å²) >= 11 is 0. The number of primary amides is 1. The van der Waals surface area contributed by atoms with Crippen LogP contribution in [0.25, 0.3) is 11.5 Å². The standard InChI is InChI=1S/C11H9FN2O2/c1-6-9(10(13)15)14-11(16-6)7-2-4-8(12)5-3-7/h2-5H,1H3,(H2,13,15). The lowest BCUT2D eigenvalue weighted by molar-refractivity contribution is 0.0995. The van der Waals surface area contributed by atoms with Crippen LogP contribution < -0.4 is 5.73 Å². The van der Waals surface area contributed by atoms with Gasteiger partial charge < -0.3 is 10.2 Å². The number of nitrogens with two attached hydrogens (primary N) is 1. The minimum Gasteiger partial charge on any atom is -0.441 e. The van der Waals surface area contributed by atoms with Crippen LogP contribution in [0.4, 0.5) is 4.39 Å². The Labute approximate surface area is 90.9 Å². The number of carbonyl (C=O) groups is 1. The summed E-state index contributed by atoms with van der Waals surface area (Å²) in [5, 5.41) is 0. The van der Waals surface area contributed by atoms with Crippen LogP contribution in [0, 0.1) is 12.7 Å². The number of rotatable bonds is 2. The Morgan fingerprint density at radius 3 is 2.50 bits per heavy atom. The summed E-state index contributed by atoms with van der Waals surface area (Å²) in [7, 11) is 0. The first-order valence-electron chi connectivity index (χ1n) is 4.61. The molecule has 0 saturated heterocycles. The Hall–Kier alpha value is -2.17. The predicted octanol–water partition coefficient (Wildman–Crippen LogP) is 1.89. The third-order valence-electron chi connectivity index (χ3n) is 2.12. The quantitative estimate of drug-likeness (QED) is 0.840. The maximum absolute atomic E-state index is 12.7. The molecule has 1 heterocycles. The number of hydrogen-bond donors (Lipinski definition) is 1. The number of halogens is 1. The molecule has 0 aliphatic rings. The fourth-order valence-electron chi connectivity index (χ4n) is 1.34. The lowest BCUT2D eigenvalue weighted by Crippen LogP contribution is -2.12. The van der Waals surface area contributed by atoms with Crippen LogP contribution in [-0.2, 0) is 0 Å². The average molecular weight is 220 g/mol. The molecule has 4 nitrogen and oxygen atoms in total. The van der Waals surface area contributed by atoms with Crippen molar-refractivity contribution in [3.05, 3.63) is 41.5 Å². The maximum Gasteiger partial charge on any atom is 0.270 e. The lowest BCUT2D eigenvalue weighted by Gasteiger charge is -1.93. The molecule has 0 aliphatic heterocycles. The summed E-state index contributed by atoms with van der Waals surface area (Å²) < 4.78 is 18.0. The molecule has 0 aliphatic carbocycles. The topological polar surface area (TPSA) is 69.1 Å². The van der Waals surface area contributed by atoms with Gasteiger partial charge in [0.2, 0.25) is 5.89 Å². The zero-order valence-corrected chi connectivity index (χ0v) is 8.53. The van der Waals surface area contributed by atoms with E-state index < -0.39 is 5.91 Å². The highest BCUT2D eigenvalue weighted by molar-refractivity contribution is 5.92. The second-order valence-electron chi connectivity index (χ2n) is 3.29. The van der Waals surface area contributed by atoms with Crippen LogP contribution in [0.15, 0.2) is 28.7 Å². The van der Waals surface area contributed by atoms with Gasteiger partial charge in [-0.3, -0.25) is 4.79 Å². The molecule has 0 spiro atoms. The molecule has 1 amide bonds. The molecule has 1 aromatic carbocycles.